The van der Waals surface area contributed by atoms with Crippen LogP contribution in [0.15, 0.2) is 81.1 Å². The fourth-order valence-electron chi connectivity index (χ4n) is 4.91. The highest BCUT2D eigenvalue weighted by molar-refractivity contribution is 7.26. The van der Waals surface area contributed by atoms with E-state index < -0.39 is 0 Å². The van der Waals surface area contributed by atoms with Crippen molar-refractivity contribution in [1.82, 2.24) is 0 Å². The predicted octanol–water partition coefficient (Wildman–Crippen LogP) is 6.05. The molecular weight excluding hydrogens is 482 g/mol. The quantitative estimate of drug-likeness (QED) is 0.292. The Kier molecular flexibility index (Phi) is 6.24. The molecule has 0 bridgehead atoms. The molecule has 6 rings (SSSR count). The van der Waals surface area contributed by atoms with E-state index in [4.69, 9.17) is 14.9 Å². The molecular formula is C30H27N3O3S. The molecule has 0 unspecified atom stereocenters. The molecule has 2 aromatic heterocycles. The maximum Gasteiger partial charge on any atom is 0.200 e. The lowest BCUT2D eigenvalue weighted by molar-refractivity contribution is 0.121. The van der Waals surface area contributed by atoms with Crippen molar-refractivity contribution in [2.45, 2.75) is 6.92 Å². The van der Waals surface area contributed by atoms with Gasteiger partial charge < -0.3 is 19.8 Å². The first-order valence-electron chi connectivity index (χ1n) is 12.4. The molecule has 6 nitrogen and oxygen atoms in total. The van der Waals surface area contributed by atoms with Crippen LogP contribution in [0.1, 0.15) is 12.5 Å². The topological polar surface area (TPSA) is 81.1 Å². The molecule has 3 aromatic carbocycles. The van der Waals surface area contributed by atoms with Crippen molar-refractivity contribution < 1.29 is 9.15 Å². The minimum Gasteiger partial charge on any atom is -0.440 e. The van der Waals surface area contributed by atoms with E-state index in [0.29, 0.717) is 49.7 Å². The normalized spacial score (nSPS) is 14.9. The van der Waals surface area contributed by atoms with E-state index in [1.54, 1.807) is 23.6 Å². The van der Waals surface area contributed by atoms with E-state index >= 15 is 0 Å². The van der Waals surface area contributed by atoms with E-state index in [2.05, 4.69) is 46.3 Å². The summed E-state index contributed by atoms with van der Waals surface area (Å²) in [5.74, 6) is 0.594. The summed E-state index contributed by atoms with van der Waals surface area (Å²) in [5.41, 5.74) is 10.4. The maximum atomic E-state index is 13.1. The van der Waals surface area contributed by atoms with Crippen LogP contribution in [-0.2, 0) is 4.74 Å². The summed E-state index contributed by atoms with van der Waals surface area (Å²) >= 11 is 1.74. The van der Waals surface area contributed by atoms with Crippen molar-refractivity contribution in [2.75, 3.05) is 37.7 Å². The number of para-hydroxylation sites is 1. The minimum atomic E-state index is -0.0346. The minimum absolute atomic E-state index is 0.0346. The van der Waals surface area contributed by atoms with Gasteiger partial charge in [0, 0.05) is 75.0 Å². The molecule has 2 N–H and O–H groups in total. The van der Waals surface area contributed by atoms with Gasteiger partial charge in [0.25, 0.3) is 0 Å². The van der Waals surface area contributed by atoms with Gasteiger partial charge in [0.15, 0.2) is 11.3 Å². The van der Waals surface area contributed by atoms with Crippen molar-refractivity contribution in [3.8, 4) is 11.1 Å². The Labute approximate surface area is 218 Å². The lowest BCUT2D eigenvalue weighted by atomic mass is 9.99. The van der Waals surface area contributed by atoms with E-state index in [9.17, 15) is 4.79 Å². The van der Waals surface area contributed by atoms with Crippen LogP contribution in [0.5, 0.6) is 0 Å². The number of thiophene rings is 1. The van der Waals surface area contributed by atoms with Gasteiger partial charge in [0.1, 0.15) is 5.58 Å². The number of nitrogens with zero attached hydrogens (tertiary/aromatic N) is 2. The van der Waals surface area contributed by atoms with Gasteiger partial charge in [-0.15, -0.1) is 11.3 Å². The molecule has 1 aliphatic rings. The predicted molar refractivity (Wildman–Crippen MR) is 155 cm³/mol. The third-order valence-corrected chi connectivity index (χ3v) is 8.00. The Bertz CT molecular complexity index is 1740. The van der Waals surface area contributed by atoms with Gasteiger partial charge in [-0.1, -0.05) is 36.4 Å². The van der Waals surface area contributed by atoms with E-state index in [0.717, 1.165) is 32.3 Å². The Hall–Kier alpha value is -3.94. The average molecular weight is 510 g/mol. The molecule has 5 aromatic rings. The molecule has 1 fully saturated rings. The number of allylic oxidation sites excluding steroid dienone is 1. The first-order chi connectivity index (χ1) is 18.2. The first-order valence-corrected chi connectivity index (χ1v) is 13.3. The van der Waals surface area contributed by atoms with E-state index in [-0.39, 0.29) is 5.43 Å². The maximum absolute atomic E-state index is 13.1. The molecule has 37 heavy (non-hydrogen) atoms. The molecule has 1 aliphatic heterocycles. The van der Waals surface area contributed by atoms with Gasteiger partial charge in [0.05, 0.1) is 18.6 Å². The Balaban J connectivity index is 1.54. The average Bonchev–Trinajstić information content (AvgIpc) is 3.32. The van der Waals surface area contributed by atoms with Crippen LogP contribution in [0.3, 0.4) is 0 Å². The van der Waals surface area contributed by atoms with Crippen molar-refractivity contribution in [1.29, 1.82) is 0 Å². The van der Waals surface area contributed by atoms with E-state index in [1.807, 2.05) is 31.3 Å². The number of nitrogens with two attached hydrogens (primary N) is 1. The number of benzene rings is 3. The van der Waals surface area contributed by atoms with Gasteiger partial charge in [-0.05, 0) is 30.7 Å². The third kappa shape index (κ3) is 4.20. The summed E-state index contributed by atoms with van der Waals surface area (Å²) in [6.45, 7) is 5.36. The second-order valence-electron chi connectivity index (χ2n) is 8.98. The molecule has 0 aliphatic carbocycles. The first kappa shape index (κ1) is 23.5. The van der Waals surface area contributed by atoms with Crippen LogP contribution in [0.25, 0.3) is 47.8 Å². The molecule has 186 valence electrons. The van der Waals surface area contributed by atoms with E-state index in [1.165, 1.54) is 10.1 Å². The number of anilines is 1. The number of rotatable bonds is 5. The molecule has 0 atom stereocenters. The molecule has 1 saturated heterocycles. The number of hydrogen-bond donors (Lipinski definition) is 1. The summed E-state index contributed by atoms with van der Waals surface area (Å²) in [5, 5.41) is 2.91. The van der Waals surface area contributed by atoms with Crippen LogP contribution in [0, 0.1) is 0 Å². The lowest BCUT2D eigenvalue weighted by Gasteiger charge is -2.27. The van der Waals surface area contributed by atoms with Crippen molar-refractivity contribution in [3.05, 3.63) is 82.7 Å². The monoisotopic (exact) mass is 509 g/mol. The van der Waals surface area contributed by atoms with Crippen LogP contribution in [0.2, 0.25) is 0 Å². The van der Waals surface area contributed by atoms with Gasteiger partial charge in [-0.2, -0.15) is 0 Å². The van der Waals surface area contributed by atoms with Gasteiger partial charge in [0.2, 0.25) is 0 Å². The second kappa shape index (κ2) is 9.84. The number of morpholine rings is 1. The summed E-state index contributed by atoms with van der Waals surface area (Å²) in [7, 11) is 0. The van der Waals surface area contributed by atoms with Crippen molar-refractivity contribution in [3.63, 3.8) is 0 Å². The number of hydrogen-bond acceptors (Lipinski definition) is 7. The van der Waals surface area contributed by atoms with Crippen LogP contribution < -0.4 is 16.1 Å². The van der Waals surface area contributed by atoms with Crippen LogP contribution >= 0.6 is 11.3 Å². The molecule has 0 radical (unpaired) electrons. The zero-order valence-electron chi connectivity index (χ0n) is 20.6. The summed E-state index contributed by atoms with van der Waals surface area (Å²) in [6, 6.07) is 20.1. The fraction of sp³-hybridized carbons (Fsp3) is 0.200. The summed E-state index contributed by atoms with van der Waals surface area (Å²) in [4.78, 5) is 19.5. The zero-order valence-corrected chi connectivity index (χ0v) is 21.4. The summed E-state index contributed by atoms with van der Waals surface area (Å²) < 4.78 is 14.3. The second-order valence-corrected chi connectivity index (χ2v) is 10.0. The number of fused-ring (bicyclic) bond motifs is 4. The van der Waals surface area contributed by atoms with Crippen molar-refractivity contribution >= 4 is 60.2 Å². The number of aliphatic imine (C=N–C) groups is 1. The molecule has 0 saturated carbocycles. The largest absolute Gasteiger partial charge is 0.440 e. The smallest absolute Gasteiger partial charge is 0.200 e. The van der Waals surface area contributed by atoms with Gasteiger partial charge in [-0.25, -0.2) is 0 Å². The highest BCUT2D eigenvalue weighted by Gasteiger charge is 2.19. The number of ether oxygens (including phenoxy) is 1. The third-order valence-electron chi connectivity index (χ3n) is 6.78. The highest BCUT2D eigenvalue weighted by atomic mass is 32.1. The van der Waals surface area contributed by atoms with Crippen molar-refractivity contribution in [2.24, 2.45) is 10.7 Å². The zero-order chi connectivity index (χ0) is 25.4. The Morgan fingerprint density at radius 2 is 1.81 bits per heavy atom. The standard InChI is InChI=1S/C30H27N3O3S/c1-2-32-18-20(17-31)19-9-10-27-25(15-19)23-7-4-6-22(30(23)37-27)21-5-3-8-24-26(34)16-28(36-29(21)24)33-11-13-35-14-12-33/h3-10,15-18H,2,11-14,31H2,1H3/b20-17+,32-18?. The molecule has 7 heteroatoms. The summed E-state index contributed by atoms with van der Waals surface area (Å²) in [6.07, 6.45) is 3.43. The lowest BCUT2D eigenvalue weighted by Crippen LogP contribution is -2.36. The van der Waals surface area contributed by atoms with Gasteiger partial charge in [-0.3, -0.25) is 9.79 Å². The van der Waals surface area contributed by atoms with Gasteiger partial charge >= 0.3 is 0 Å². The SMILES string of the molecule is CCN=C/C(=C\N)c1ccc2sc3c(-c4cccc5c(=O)cc(N6CCOCC6)oc45)cccc3c2c1. The Morgan fingerprint density at radius 1 is 1.03 bits per heavy atom. The molecule has 0 spiro atoms. The molecule has 3 heterocycles. The fourth-order valence-corrected chi connectivity index (χ4v) is 6.12. The highest BCUT2D eigenvalue weighted by Crippen LogP contribution is 2.42. The van der Waals surface area contributed by atoms with Crippen LogP contribution in [0.4, 0.5) is 5.88 Å². The van der Waals surface area contributed by atoms with Crippen LogP contribution in [-0.4, -0.2) is 39.1 Å². The molecule has 0 amide bonds. The Morgan fingerprint density at radius 3 is 2.59 bits per heavy atom.